The van der Waals surface area contributed by atoms with Gasteiger partial charge in [0.25, 0.3) is 5.91 Å². The van der Waals surface area contributed by atoms with E-state index in [-0.39, 0.29) is 0 Å². The zero-order chi connectivity index (χ0) is 13.3. The lowest BCUT2D eigenvalue weighted by Crippen LogP contribution is -2.37. The summed E-state index contributed by atoms with van der Waals surface area (Å²) in [5, 5.41) is 1.06. The van der Waals surface area contributed by atoms with E-state index in [4.69, 9.17) is 11.5 Å². The molecule has 5 nitrogen and oxygen atoms in total. The van der Waals surface area contributed by atoms with Crippen molar-refractivity contribution in [3.8, 4) is 0 Å². The first-order chi connectivity index (χ1) is 8.49. The van der Waals surface area contributed by atoms with Crippen LogP contribution in [0.5, 0.6) is 0 Å². The maximum Gasteiger partial charge on any atom is 0.260 e. The Bertz CT molecular complexity index is 443. The summed E-state index contributed by atoms with van der Waals surface area (Å²) in [5.74, 6) is -0.438. The first-order valence-corrected chi connectivity index (χ1v) is 6.91. The molecule has 4 N–H and O–H groups in total. The van der Waals surface area contributed by atoms with Crippen molar-refractivity contribution < 1.29 is 4.79 Å². The van der Waals surface area contributed by atoms with Crippen molar-refractivity contribution >= 4 is 27.9 Å². The lowest BCUT2D eigenvalue weighted by atomic mass is 10.2. The molecular weight excluding hydrogens is 248 g/mol. The van der Waals surface area contributed by atoms with Crippen LogP contribution < -0.4 is 16.4 Å². The maximum atomic E-state index is 11.2. The van der Waals surface area contributed by atoms with Gasteiger partial charge in [0.2, 0.25) is 0 Å². The third kappa shape index (κ3) is 2.59. The SMILES string of the molecule is CN(C)CC1CCCN1c1cc(N)c(C(N)=O)s1. The topological polar surface area (TPSA) is 75.6 Å². The number of anilines is 2. The summed E-state index contributed by atoms with van der Waals surface area (Å²) in [6.45, 7) is 2.04. The van der Waals surface area contributed by atoms with E-state index in [0.29, 0.717) is 16.6 Å². The molecular formula is C12H20N4OS. The molecule has 2 heterocycles. The summed E-state index contributed by atoms with van der Waals surface area (Å²) in [6.07, 6.45) is 2.37. The maximum absolute atomic E-state index is 11.2. The van der Waals surface area contributed by atoms with Crippen molar-refractivity contribution in [2.24, 2.45) is 5.73 Å². The van der Waals surface area contributed by atoms with Gasteiger partial charge in [-0.1, -0.05) is 0 Å². The van der Waals surface area contributed by atoms with Crippen LogP contribution in [0.3, 0.4) is 0 Å². The van der Waals surface area contributed by atoms with Gasteiger partial charge >= 0.3 is 0 Å². The molecule has 1 fully saturated rings. The number of thiophene rings is 1. The first-order valence-electron chi connectivity index (χ1n) is 6.09. The third-order valence-corrected chi connectivity index (χ3v) is 4.41. The van der Waals surface area contributed by atoms with Crippen molar-refractivity contribution in [2.45, 2.75) is 18.9 Å². The number of hydrogen-bond donors (Lipinski definition) is 2. The molecule has 1 amide bonds. The number of nitrogens with two attached hydrogens (primary N) is 2. The lowest BCUT2D eigenvalue weighted by Gasteiger charge is -2.27. The highest BCUT2D eigenvalue weighted by Gasteiger charge is 2.27. The van der Waals surface area contributed by atoms with Gasteiger partial charge < -0.3 is 21.3 Å². The van der Waals surface area contributed by atoms with Crippen molar-refractivity contribution in [3.63, 3.8) is 0 Å². The summed E-state index contributed by atoms with van der Waals surface area (Å²) in [4.78, 5) is 16.2. The van der Waals surface area contributed by atoms with Crippen LogP contribution in [-0.4, -0.2) is 44.0 Å². The van der Waals surface area contributed by atoms with Crippen molar-refractivity contribution in [1.29, 1.82) is 0 Å². The van der Waals surface area contributed by atoms with Gasteiger partial charge in [-0.2, -0.15) is 0 Å². The molecule has 1 aliphatic rings. The van der Waals surface area contributed by atoms with Gasteiger partial charge in [0, 0.05) is 19.1 Å². The molecule has 1 aromatic rings. The van der Waals surface area contributed by atoms with E-state index in [2.05, 4.69) is 23.9 Å². The molecule has 18 heavy (non-hydrogen) atoms. The average molecular weight is 268 g/mol. The number of carbonyl (C=O) groups is 1. The second kappa shape index (κ2) is 5.16. The molecule has 1 saturated heterocycles. The molecule has 1 aromatic heterocycles. The van der Waals surface area contributed by atoms with E-state index in [1.807, 2.05) is 6.07 Å². The zero-order valence-electron chi connectivity index (χ0n) is 10.8. The molecule has 1 unspecified atom stereocenters. The minimum atomic E-state index is -0.438. The van der Waals surface area contributed by atoms with E-state index in [1.54, 1.807) is 0 Å². The van der Waals surface area contributed by atoms with Gasteiger partial charge in [0.05, 0.1) is 10.7 Å². The Balaban J connectivity index is 2.20. The van der Waals surface area contributed by atoms with Crippen LogP contribution in [0.2, 0.25) is 0 Å². The van der Waals surface area contributed by atoms with Crippen molar-refractivity contribution in [1.82, 2.24) is 4.90 Å². The normalized spacial score (nSPS) is 19.7. The number of nitrogen functional groups attached to an aromatic ring is 1. The summed E-state index contributed by atoms with van der Waals surface area (Å²) in [7, 11) is 4.16. The van der Waals surface area contributed by atoms with Gasteiger partial charge in [0.15, 0.2) is 0 Å². The molecule has 100 valence electrons. The van der Waals surface area contributed by atoms with Crippen molar-refractivity contribution in [3.05, 3.63) is 10.9 Å². The second-order valence-corrected chi connectivity index (χ2v) is 6.02. The van der Waals surface area contributed by atoms with Crippen LogP contribution in [0, 0.1) is 0 Å². The van der Waals surface area contributed by atoms with Crippen molar-refractivity contribution in [2.75, 3.05) is 37.8 Å². The molecule has 2 rings (SSSR count). The number of amides is 1. The number of likely N-dealkylation sites (N-methyl/N-ethyl adjacent to an activating group) is 1. The Kier molecular flexibility index (Phi) is 3.77. The molecule has 1 atom stereocenters. The number of carbonyl (C=O) groups excluding carboxylic acids is 1. The third-order valence-electron chi connectivity index (χ3n) is 3.21. The fourth-order valence-corrected chi connectivity index (χ4v) is 3.49. The zero-order valence-corrected chi connectivity index (χ0v) is 11.7. The minimum absolute atomic E-state index is 0.438. The highest BCUT2D eigenvalue weighted by molar-refractivity contribution is 7.18. The monoisotopic (exact) mass is 268 g/mol. The van der Waals surface area contributed by atoms with E-state index in [0.717, 1.165) is 18.1 Å². The fourth-order valence-electron chi connectivity index (χ4n) is 2.46. The van der Waals surface area contributed by atoms with E-state index >= 15 is 0 Å². The highest BCUT2D eigenvalue weighted by Crippen LogP contribution is 2.36. The molecule has 0 saturated carbocycles. The standard InChI is InChI=1S/C12H20N4OS/c1-15(2)7-8-4-3-5-16(8)10-6-9(13)11(18-10)12(14)17/h6,8H,3-5,7,13H2,1-2H3,(H2,14,17). The van der Waals surface area contributed by atoms with Gasteiger partial charge in [-0.05, 0) is 33.0 Å². The molecule has 0 spiro atoms. The Labute approximate surface area is 111 Å². The summed E-state index contributed by atoms with van der Waals surface area (Å²) in [5.41, 5.74) is 11.6. The van der Waals surface area contributed by atoms with Gasteiger partial charge in [0.1, 0.15) is 4.88 Å². The predicted octanol–water partition coefficient (Wildman–Crippen LogP) is 0.960. The second-order valence-electron chi connectivity index (χ2n) is 4.99. The van der Waals surface area contributed by atoms with E-state index in [1.165, 1.54) is 24.2 Å². The number of rotatable bonds is 4. The largest absolute Gasteiger partial charge is 0.397 e. The predicted molar refractivity (Wildman–Crippen MR) is 76.2 cm³/mol. The van der Waals surface area contributed by atoms with Gasteiger partial charge in [-0.25, -0.2) is 0 Å². The Morgan fingerprint density at radius 1 is 1.61 bits per heavy atom. The van der Waals surface area contributed by atoms with Crippen LogP contribution in [0.1, 0.15) is 22.5 Å². The van der Waals surface area contributed by atoms with Crippen LogP contribution >= 0.6 is 11.3 Å². The Morgan fingerprint density at radius 3 is 2.89 bits per heavy atom. The molecule has 0 aromatic carbocycles. The van der Waals surface area contributed by atoms with E-state index in [9.17, 15) is 4.79 Å². The summed E-state index contributed by atoms with van der Waals surface area (Å²) >= 11 is 1.40. The smallest absolute Gasteiger partial charge is 0.260 e. The summed E-state index contributed by atoms with van der Waals surface area (Å²) < 4.78 is 0. The molecule has 0 aliphatic carbocycles. The molecule has 0 bridgehead atoms. The average Bonchev–Trinajstić information content (AvgIpc) is 2.83. The van der Waals surface area contributed by atoms with Crippen LogP contribution in [-0.2, 0) is 0 Å². The molecule has 1 aliphatic heterocycles. The molecule has 6 heteroatoms. The summed E-state index contributed by atoms with van der Waals surface area (Å²) in [6, 6.07) is 2.37. The van der Waals surface area contributed by atoms with Gasteiger partial charge in [-0.15, -0.1) is 11.3 Å². The minimum Gasteiger partial charge on any atom is -0.397 e. The van der Waals surface area contributed by atoms with Gasteiger partial charge in [-0.3, -0.25) is 4.79 Å². The Morgan fingerprint density at radius 2 is 2.33 bits per heavy atom. The van der Waals surface area contributed by atoms with Crippen LogP contribution in [0.25, 0.3) is 0 Å². The van der Waals surface area contributed by atoms with Crippen LogP contribution in [0.4, 0.5) is 10.7 Å². The quantitative estimate of drug-likeness (QED) is 0.853. The Hall–Kier alpha value is -1.27. The highest BCUT2D eigenvalue weighted by atomic mass is 32.1. The number of nitrogens with zero attached hydrogens (tertiary/aromatic N) is 2. The lowest BCUT2D eigenvalue weighted by molar-refractivity contribution is 0.100. The fraction of sp³-hybridized carbons (Fsp3) is 0.583. The number of primary amides is 1. The number of hydrogen-bond acceptors (Lipinski definition) is 5. The molecule has 0 radical (unpaired) electrons. The first kappa shape index (κ1) is 13.2. The van der Waals surface area contributed by atoms with E-state index < -0.39 is 5.91 Å². The van der Waals surface area contributed by atoms with Crippen LogP contribution in [0.15, 0.2) is 6.07 Å².